The number of hydrogen-bond donors (Lipinski definition) is 2. The Bertz CT molecular complexity index is 759. The number of aliphatic hydroxyl groups is 2. The number of aliphatic hydroxyl groups excluding tert-OH is 2. The highest BCUT2D eigenvalue weighted by Crippen LogP contribution is 2.22. The molecule has 0 fully saturated rings. The summed E-state index contributed by atoms with van der Waals surface area (Å²) < 4.78 is 1.69. The molecule has 3 aromatic rings. The Labute approximate surface area is 145 Å². The van der Waals surface area contributed by atoms with Crippen LogP contribution in [0.25, 0.3) is 11.3 Å². The van der Waals surface area contributed by atoms with Crippen LogP contribution in [0.15, 0.2) is 55.1 Å². The molecule has 8 nitrogen and oxygen atoms in total. The predicted octanol–water partition coefficient (Wildman–Crippen LogP) is 0.569. The molecule has 0 aliphatic heterocycles. The molecular formula is C17H20N6O2. The Hall–Kier alpha value is -2.68. The average Bonchev–Trinajstić information content (AvgIpc) is 3.14. The van der Waals surface area contributed by atoms with Gasteiger partial charge in [0.1, 0.15) is 11.9 Å². The number of hydrogen-bond acceptors (Lipinski definition) is 7. The Morgan fingerprint density at radius 3 is 2.52 bits per heavy atom. The summed E-state index contributed by atoms with van der Waals surface area (Å²) >= 11 is 0. The SMILES string of the molecule is OCCN(CCO)C(c1ccccn1)n1cc(-c2cccnc2)nn1. The van der Waals surface area contributed by atoms with E-state index in [0.717, 1.165) is 11.3 Å². The molecule has 0 aromatic carbocycles. The number of nitrogens with zero attached hydrogens (tertiary/aromatic N) is 6. The molecule has 0 saturated heterocycles. The minimum atomic E-state index is -0.376. The number of pyridine rings is 2. The summed E-state index contributed by atoms with van der Waals surface area (Å²) in [6.07, 6.45) is 6.58. The third kappa shape index (κ3) is 4.05. The zero-order valence-corrected chi connectivity index (χ0v) is 13.7. The fourth-order valence-electron chi connectivity index (χ4n) is 2.67. The number of rotatable bonds is 8. The maximum Gasteiger partial charge on any atom is 0.148 e. The van der Waals surface area contributed by atoms with Crippen molar-refractivity contribution in [2.75, 3.05) is 26.3 Å². The lowest BCUT2D eigenvalue weighted by atomic mass is 10.2. The van der Waals surface area contributed by atoms with Gasteiger partial charge in [0.05, 0.1) is 25.1 Å². The molecule has 0 saturated carbocycles. The topological polar surface area (TPSA) is 100 Å². The minimum absolute atomic E-state index is 0.0342. The molecule has 0 amide bonds. The Kier molecular flexibility index (Phi) is 5.78. The number of aromatic nitrogens is 5. The van der Waals surface area contributed by atoms with Gasteiger partial charge in [-0.3, -0.25) is 14.9 Å². The minimum Gasteiger partial charge on any atom is -0.395 e. The summed E-state index contributed by atoms with van der Waals surface area (Å²) in [6.45, 7) is 0.689. The molecule has 3 heterocycles. The highest BCUT2D eigenvalue weighted by atomic mass is 16.3. The quantitative estimate of drug-likeness (QED) is 0.618. The van der Waals surface area contributed by atoms with Crippen molar-refractivity contribution in [1.82, 2.24) is 29.9 Å². The van der Waals surface area contributed by atoms with Crippen LogP contribution in [0, 0.1) is 0 Å². The average molecular weight is 340 g/mol. The normalized spacial score (nSPS) is 12.4. The van der Waals surface area contributed by atoms with Crippen LogP contribution in [0.5, 0.6) is 0 Å². The fraction of sp³-hybridized carbons (Fsp3) is 0.294. The molecule has 2 N–H and O–H groups in total. The molecule has 0 spiro atoms. The summed E-state index contributed by atoms with van der Waals surface area (Å²) in [4.78, 5) is 10.4. The van der Waals surface area contributed by atoms with Gasteiger partial charge in [0, 0.05) is 37.2 Å². The van der Waals surface area contributed by atoms with E-state index in [9.17, 15) is 10.2 Å². The second-order valence-electron chi connectivity index (χ2n) is 5.44. The van der Waals surface area contributed by atoms with Crippen molar-refractivity contribution >= 4 is 0 Å². The van der Waals surface area contributed by atoms with E-state index < -0.39 is 0 Å². The van der Waals surface area contributed by atoms with Crippen LogP contribution >= 0.6 is 0 Å². The van der Waals surface area contributed by atoms with Crippen molar-refractivity contribution < 1.29 is 10.2 Å². The van der Waals surface area contributed by atoms with Crippen molar-refractivity contribution in [1.29, 1.82) is 0 Å². The highest BCUT2D eigenvalue weighted by Gasteiger charge is 2.24. The summed E-state index contributed by atoms with van der Waals surface area (Å²) in [6, 6.07) is 9.37. The zero-order chi connectivity index (χ0) is 17.5. The van der Waals surface area contributed by atoms with Gasteiger partial charge < -0.3 is 10.2 Å². The Morgan fingerprint density at radius 2 is 1.88 bits per heavy atom. The van der Waals surface area contributed by atoms with Gasteiger partial charge in [-0.05, 0) is 24.3 Å². The van der Waals surface area contributed by atoms with Crippen molar-refractivity contribution in [2.45, 2.75) is 6.17 Å². The first kappa shape index (κ1) is 17.2. The Balaban J connectivity index is 1.98. The van der Waals surface area contributed by atoms with Crippen LogP contribution in [-0.2, 0) is 0 Å². The first-order valence-corrected chi connectivity index (χ1v) is 8.02. The molecule has 0 aliphatic carbocycles. The summed E-state index contributed by atoms with van der Waals surface area (Å²) in [5, 5.41) is 27.3. The van der Waals surface area contributed by atoms with E-state index in [1.165, 1.54) is 0 Å². The zero-order valence-electron chi connectivity index (χ0n) is 13.7. The molecule has 130 valence electrons. The summed E-state index contributed by atoms with van der Waals surface area (Å²) in [5.41, 5.74) is 2.32. The third-order valence-electron chi connectivity index (χ3n) is 3.79. The van der Waals surface area contributed by atoms with Gasteiger partial charge in [-0.15, -0.1) is 5.10 Å². The predicted molar refractivity (Wildman–Crippen MR) is 91.4 cm³/mol. The summed E-state index contributed by atoms with van der Waals surface area (Å²) in [7, 11) is 0. The lowest BCUT2D eigenvalue weighted by molar-refractivity contribution is 0.0976. The van der Waals surface area contributed by atoms with Gasteiger partial charge >= 0.3 is 0 Å². The summed E-state index contributed by atoms with van der Waals surface area (Å²) in [5.74, 6) is 0. The molecule has 0 aliphatic rings. The van der Waals surface area contributed by atoms with Gasteiger partial charge in [-0.25, -0.2) is 4.68 Å². The van der Waals surface area contributed by atoms with Crippen LogP contribution in [-0.4, -0.2) is 66.4 Å². The standard InChI is InChI=1S/C17H20N6O2/c24-10-8-22(9-11-25)17(15-5-1-2-7-19-15)23-13-16(20-21-23)14-4-3-6-18-12-14/h1-7,12-13,17,24-25H,8-11H2. The molecule has 3 aromatic heterocycles. The van der Waals surface area contributed by atoms with Crippen molar-refractivity contribution in [3.63, 3.8) is 0 Å². The molecule has 25 heavy (non-hydrogen) atoms. The van der Waals surface area contributed by atoms with E-state index in [1.54, 1.807) is 23.3 Å². The first-order valence-electron chi connectivity index (χ1n) is 8.02. The van der Waals surface area contributed by atoms with E-state index in [4.69, 9.17) is 0 Å². The smallest absolute Gasteiger partial charge is 0.148 e. The van der Waals surface area contributed by atoms with Gasteiger partial charge in [-0.2, -0.15) is 0 Å². The van der Waals surface area contributed by atoms with Crippen LogP contribution in [0.4, 0.5) is 0 Å². The van der Waals surface area contributed by atoms with E-state index in [-0.39, 0.29) is 19.4 Å². The van der Waals surface area contributed by atoms with E-state index >= 15 is 0 Å². The second kappa shape index (κ2) is 8.43. The molecule has 0 radical (unpaired) electrons. The van der Waals surface area contributed by atoms with E-state index in [1.807, 2.05) is 41.4 Å². The molecular weight excluding hydrogens is 320 g/mol. The highest BCUT2D eigenvalue weighted by molar-refractivity contribution is 5.55. The van der Waals surface area contributed by atoms with Crippen molar-refractivity contribution in [2.24, 2.45) is 0 Å². The van der Waals surface area contributed by atoms with E-state index in [2.05, 4.69) is 20.3 Å². The first-order chi connectivity index (χ1) is 12.3. The molecule has 1 atom stereocenters. The third-order valence-corrected chi connectivity index (χ3v) is 3.79. The molecule has 0 bridgehead atoms. The van der Waals surface area contributed by atoms with Crippen LogP contribution in [0.2, 0.25) is 0 Å². The fourth-order valence-corrected chi connectivity index (χ4v) is 2.67. The largest absolute Gasteiger partial charge is 0.395 e. The van der Waals surface area contributed by atoms with Crippen LogP contribution in [0.1, 0.15) is 11.9 Å². The molecule has 1 unspecified atom stereocenters. The Morgan fingerprint density at radius 1 is 1.04 bits per heavy atom. The maximum atomic E-state index is 9.39. The van der Waals surface area contributed by atoms with Crippen LogP contribution < -0.4 is 0 Å². The van der Waals surface area contributed by atoms with Crippen molar-refractivity contribution in [3.05, 3.63) is 60.8 Å². The van der Waals surface area contributed by atoms with Gasteiger partial charge in [0.15, 0.2) is 0 Å². The van der Waals surface area contributed by atoms with Crippen molar-refractivity contribution in [3.8, 4) is 11.3 Å². The monoisotopic (exact) mass is 340 g/mol. The molecule has 3 rings (SSSR count). The lowest BCUT2D eigenvalue weighted by Crippen LogP contribution is -2.38. The van der Waals surface area contributed by atoms with Gasteiger partial charge in [0.25, 0.3) is 0 Å². The van der Waals surface area contributed by atoms with Crippen LogP contribution in [0.3, 0.4) is 0 Å². The lowest BCUT2D eigenvalue weighted by Gasteiger charge is -2.29. The second-order valence-corrected chi connectivity index (χ2v) is 5.44. The van der Waals surface area contributed by atoms with Gasteiger partial charge in [0.2, 0.25) is 0 Å². The maximum absolute atomic E-state index is 9.39. The van der Waals surface area contributed by atoms with E-state index in [0.29, 0.717) is 18.8 Å². The van der Waals surface area contributed by atoms with Gasteiger partial charge in [-0.1, -0.05) is 11.3 Å². The molecule has 8 heteroatoms.